The van der Waals surface area contributed by atoms with Gasteiger partial charge in [-0.05, 0) is 92.0 Å². The van der Waals surface area contributed by atoms with Crippen LogP contribution in [0.25, 0.3) is 0 Å². The number of carbonyl (C=O) groups is 3. The highest BCUT2D eigenvalue weighted by atomic mass is 19.4. The van der Waals surface area contributed by atoms with Crippen LogP contribution >= 0.6 is 0 Å². The van der Waals surface area contributed by atoms with E-state index in [2.05, 4.69) is 32.7 Å². The van der Waals surface area contributed by atoms with Crippen molar-refractivity contribution in [3.8, 4) is 5.75 Å². The van der Waals surface area contributed by atoms with Crippen molar-refractivity contribution in [3.63, 3.8) is 0 Å². The summed E-state index contributed by atoms with van der Waals surface area (Å²) < 4.78 is 46.7. The van der Waals surface area contributed by atoms with Crippen molar-refractivity contribution in [2.24, 2.45) is 40.6 Å². The van der Waals surface area contributed by atoms with Crippen LogP contribution in [-0.2, 0) is 14.3 Å². The highest BCUT2D eigenvalue weighted by Crippen LogP contribution is 2.53. The molecule has 0 aromatic heterocycles. The van der Waals surface area contributed by atoms with Gasteiger partial charge in [-0.3, -0.25) is 9.59 Å². The fraction of sp³-hybridized carbons (Fsp3) is 0.562. The molecule has 1 heterocycles. The van der Waals surface area contributed by atoms with E-state index in [1.165, 1.54) is 12.1 Å². The van der Waals surface area contributed by atoms with Crippen LogP contribution in [0.5, 0.6) is 5.75 Å². The van der Waals surface area contributed by atoms with E-state index in [9.17, 15) is 32.7 Å². The highest BCUT2D eigenvalue weighted by molar-refractivity contribution is 5.99. The molecule has 1 saturated heterocycles. The Labute approximate surface area is 253 Å². The molecule has 4 aliphatic rings. The number of amides is 2. The second-order valence-electron chi connectivity index (χ2n) is 12.2. The molecule has 9 nitrogen and oxygen atoms in total. The Morgan fingerprint density at radius 1 is 1.09 bits per heavy atom. The molecular weight excluding hydrogens is 579 g/mol. The summed E-state index contributed by atoms with van der Waals surface area (Å²) in [6, 6.07) is 4.11. The topological polar surface area (TPSA) is 126 Å². The van der Waals surface area contributed by atoms with Gasteiger partial charge in [-0.25, -0.2) is 10.2 Å². The summed E-state index contributed by atoms with van der Waals surface area (Å²) in [7, 11) is 0. The van der Waals surface area contributed by atoms with Crippen molar-refractivity contribution in [2.45, 2.75) is 77.4 Å². The van der Waals surface area contributed by atoms with E-state index in [4.69, 9.17) is 4.74 Å². The predicted molar refractivity (Wildman–Crippen MR) is 155 cm³/mol. The van der Waals surface area contributed by atoms with E-state index in [0.29, 0.717) is 44.1 Å². The molecule has 1 aliphatic heterocycles. The summed E-state index contributed by atoms with van der Waals surface area (Å²) in [6.07, 6.45) is 4.23. The predicted octanol–water partition coefficient (Wildman–Crippen LogP) is 5.91. The third-order valence-electron chi connectivity index (χ3n) is 9.35. The first-order valence-corrected chi connectivity index (χ1v) is 15.2. The average molecular weight is 618 g/mol. The lowest BCUT2D eigenvalue weighted by Crippen LogP contribution is -2.33. The number of hydrogen-bond acceptors (Lipinski definition) is 7. The smallest absolute Gasteiger partial charge is 0.462 e. The van der Waals surface area contributed by atoms with E-state index >= 15 is 0 Å². The van der Waals surface area contributed by atoms with Crippen LogP contribution in [-0.4, -0.2) is 47.2 Å². The molecule has 0 radical (unpaired) electrons. The number of nitrogens with zero attached hydrogens (tertiary/aromatic N) is 1. The molecule has 0 spiro atoms. The third-order valence-corrected chi connectivity index (χ3v) is 9.35. The molecule has 12 heteroatoms. The van der Waals surface area contributed by atoms with E-state index in [1.807, 2.05) is 13.0 Å². The van der Waals surface area contributed by atoms with Crippen LogP contribution < -0.4 is 15.5 Å². The van der Waals surface area contributed by atoms with Crippen LogP contribution in [0.3, 0.4) is 0 Å². The first-order valence-electron chi connectivity index (χ1n) is 15.2. The lowest BCUT2D eigenvalue weighted by atomic mass is 9.70. The van der Waals surface area contributed by atoms with Gasteiger partial charge in [0.05, 0.1) is 12.5 Å². The van der Waals surface area contributed by atoms with Gasteiger partial charge in [0, 0.05) is 23.2 Å². The number of ether oxygens (including phenoxy) is 2. The van der Waals surface area contributed by atoms with Gasteiger partial charge in [-0.15, -0.1) is 13.2 Å². The van der Waals surface area contributed by atoms with Crippen molar-refractivity contribution in [3.05, 3.63) is 48.1 Å². The van der Waals surface area contributed by atoms with Gasteiger partial charge in [-0.1, -0.05) is 32.1 Å². The fourth-order valence-electron chi connectivity index (χ4n) is 7.06. The number of nitrogens with one attached hydrogen (secondary N) is 2. The Morgan fingerprint density at radius 3 is 2.55 bits per heavy atom. The summed E-state index contributed by atoms with van der Waals surface area (Å²) >= 11 is 0. The fourth-order valence-corrected chi connectivity index (χ4v) is 7.06. The molecule has 2 fully saturated rings. The Bertz CT molecular complexity index is 1340. The lowest BCUT2D eigenvalue weighted by molar-refractivity contribution is -0.274. The maximum absolute atomic E-state index is 13.6. The number of hydrazone groups is 1. The minimum atomic E-state index is -4.81. The Hall–Kier alpha value is -3.67. The number of aliphatic hydroxyl groups is 1. The highest BCUT2D eigenvalue weighted by Gasteiger charge is 2.49. The zero-order chi connectivity index (χ0) is 31.6. The second kappa shape index (κ2) is 13.1. The molecule has 238 valence electrons. The number of anilines is 1. The van der Waals surface area contributed by atoms with Crippen LogP contribution in [0.4, 0.5) is 23.7 Å². The molecule has 1 aromatic rings. The van der Waals surface area contributed by atoms with Crippen molar-refractivity contribution in [1.29, 1.82) is 0 Å². The van der Waals surface area contributed by atoms with Crippen LogP contribution in [0.2, 0.25) is 0 Å². The lowest BCUT2D eigenvalue weighted by Gasteiger charge is -2.34. The molecule has 2 amide bonds. The molecule has 0 unspecified atom stereocenters. The summed E-state index contributed by atoms with van der Waals surface area (Å²) in [5.74, 6) is -1.53. The molecule has 0 bridgehead atoms. The number of cyclic esters (lactones) is 1. The number of carbonyl (C=O) groups excluding carboxylic acids is 3. The molecule has 5 rings (SSSR count). The number of ketones is 1. The summed E-state index contributed by atoms with van der Waals surface area (Å²) in [6.45, 7) is 3.73. The van der Waals surface area contributed by atoms with Crippen molar-refractivity contribution >= 4 is 29.2 Å². The number of rotatable bonds is 4. The van der Waals surface area contributed by atoms with Crippen LogP contribution in [0.1, 0.15) is 58.8 Å². The maximum atomic E-state index is 13.6. The van der Waals surface area contributed by atoms with Crippen molar-refractivity contribution < 1.29 is 42.1 Å². The molecule has 44 heavy (non-hydrogen) atoms. The zero-order valence-electron chi connectivity index (χ0n) is 24.7. The van der Waals surface area contributed by atoms with Gasteiger partial charge >= 0.3 is 18.4 Å². The Balaban J connectivity index is 1.26. The third kappa shape index (κ3) is 7.34. The molecular formula is C32H38F3N3O6. The number of allylic oxidation sites excluding steroid dienone is 4. The normalized spacial score (nSPS) is 33.2. The first kappa shape index (κ1) is 31.7. The minimum Gasteiger partial charge on any atom is -0.462 e. The van der Waals surface area contributed by atoms with Crippen molar-refractivity contribution in [1.82, 2.24) is 5.43 Å². The average Bonchev–Trinajstić information content (AvgIpc) is 3.55. The van der Waals surface area contributed by atoms with Gasteiger partial charge < -0.3 is 19.9 Å². The molecule has 8 atom stereocenters. The minimum absolute atomic E-state index is 0.00264. The quantitative estimate of drug-likeness (QED) is 0.219. The van der Waals surface area contributed by atoms with Gasteiger partial charge in [0.15, 0.2) is 5.78 Å². The standard InChI is InChI=1S/C32H38F3N3O6/c1-3-21-5-4-6-28(39)17(2)30(41)27-15-25-23(26(27)16-29(40)43-21)12-7-18-13-20(14-24(18)25)37-38-31(42)36-19-8-10-22(11-9-19)44-32(33,34)35/h7-12,15,17-18,21,23-26,28,39H,3-6,13-14,16H2,1-2H3,(H2,36,38,42)/b37-20+/t17-,18-,21+,23-,24-,25-,26+,28+/m1/s1. The number of esters is 1. The molecule has 1 aromatic carbocycles. The number of Topliss-reactive ketones (excluding diaryl/α,β-unsaturated/α-hetero) is 1. The van der Waals surface area contributed by atoms with Crippen LogP contribution in [0, 0.1) is 35.5 Å². The SMILES string of the molecule is CC[C@H]1CCC[C@H](O)[C@@H](C)C(=O)C2=C[C@@H]3[C@@H](C=C[C@@H]4C/C(=N\NC(=O)Nc5ccc(OC(F)(F)F)cc5)C[C@@H]34)[C@@H]2CC(=O)O1. The Morgan fingerprint density at radius 2 is 1.84 bits per heavy atom. The zero-order valence-corrected chi connectivity index (χ0v) is 24.7. The summed E-state index contributed by atoms with van der Waals surface area (Å²) in [5.41, 5.74) is 4.10. The monoisotopic (exact) mass is 617 g/mol. The summed E-state index contributed by atoms with van der Waals surface area (Å²) in [5, 5.41) is 17.6. The second-order valence-corrected chi connectivity index (χ2v) is 12.2. The number of halogens is 3. The van der Waals surface area contributed by atoms with Crippen molar-refractivity contribution in [2.75, 3.05) is 5.32 Å². The van der Waals surface area contributed by atoms with E-state index in [1.54, 1.807) is 6.92 Å². The number of alkyl halides is 3. The van der Waals surface area contributed by atoms with Gasteiger partial charge in [0.2, 0.25) is 0 Å². The number of aliphatic hydroxyl groups excluding tert-OH is 1. The number of urea groups is 1. The maximum Gasteiger partial charge on any atom is 0.573 e. The first-order chi connectivity index (χ1) is 20.9. The van der Waals surface area contributed by atoms with E-state index < -0.39 is 30.2 Å². The van der Waals surface area contributed by atoms with Gasteiger partial charge in [0.25, 0.3) is 0 Å². The molecule has 3 aliphatic carbocycles. The van der Waals surface area contributed by atoms with E-state index in [-0.39, 0.29) is 59.6 Å². The van der Waals surface area contributed by atoms with Gasteiger partial charge in [0.1, 0.15) is 11.9 Å². The number of benzene rings is 1. The van der Waals surface area contributed by atoms with E-state index in [0.717, 1.165) is 17.8 Å². The van der Waals surface area contributed by atoms with Crippen LogP contribution in [0.15, 0.2) is 53.2 Å². The molecule has 3 N–H and O–H groups in total. The number of fused-ring (bicyclic) bond motifs is 5. The molecule has 1 saturated carbocycles. The van der Waals surface area contributed by atoms with Gasteiger partial charge in [-0.2, -0.15) is 5.10 Å². The summed E-state index contributed by atoms with van der Waals surface area (Å²) in [4.78, 5) is 39.1. The largest absolute Gasteiger partial charge is 0.573 e. The Kier molecular flexibility index (Phi) is 9.48. The number of hydrogen-bond donors (Lipinski definition) is 3.